The standard InChI is InChI=1S/4C2H5.4CH4.6CH3.4Y/c4*1-2;;;;;;;;;;;;;;/h4*1H2,2H3;4*1H4;6*1H3;;;;/q4*-1;;;;;6*-1;;;2*+3. The molecule has 0 aromatic carbocycles. The van der Waals surface area contributed by atoms with E-state index in [0.29, 0.717) is 0 Å². The molecule has 0 aromatic heterocycles. The molecule has 0 fully saturated rings. The van der Waals surface area contributed by atoms with Crippen molar-refractivity contribution < 1.29 is 131 Å². The second kappa shape index (κ2) is 777. The van der Waals surface area contributed by atoms with Gasteiger partial charge in [0.25, 0.3) is 0 Å². The summed E-state index contributed by atoms with van der Waals surface area (Å²) in [5.41, 5.74) is 0. The Morgan fingerprint density at radius 1 is 0.318 bits per heavy atom. The van der Waals surface area contributed by atoms with Crippen LogP contribution in [0.25, 0.3) is 0 Å². The molecule has 0 bridgehead atoms. The molecule has 0 saturated heterocycles. The van der Waals surface area contributed by atoms with Crippen molar-refractivity contribution in [3.63, 3.8) is 0 Å². The quantitative estimate of drug-likeness (QED) is 0.237. The van der Waals surface area contributed by atoms with Crippen LogP contribution in [-0.4, -0.2) is 0 Å². The minimum absolute atomic E-state index is 0. The van der Waals surface area contributed by atoms with E-state index in [-0.39, 0.29) is 205 Å². The molecule has 142 valence electrons. The Morgan fingerprint density at radius 3 is 0.318 bits per heavy atom. The van der Waals surface area contributed by atoms with E-state index in [1.807, 2.05) is 0 Å². The van der Waals surface area contributed by atoms with E-state index in [0.717, 1.165) is 0 Å². The van der Waals surface area contributed by atoms with Gasteiger partial charge in [-0.1, -0.05) is 29.7 Å². The number of hydrogen-bond acceptors (Lipinski definition) is 0. The van der Waals surface area contributed by atoms with Gasteiger partial charge in [0.05, 0.1) is 0 Å². The van der Waals surface area contributed by atoms with Gasteiger partial charge in [0.15, 0.2) is 0 Å². The van der Waals surface area contributed by atoms with E-state index in [4.69, 9.17) is 0 Å². The van der Waals surface area contributed by atoms with Gasteiger partial charge in [-0.05, 0) is 0 Å². The fourth-order valence-corrected chi connectivity index (χ4v) is 0. The molecule has 0 atom stereocenters. The summed E-state index contributed by atoms with van der Waals surface area (Å²) in [5.74, 6) is 0. The van der Waals surface area contributed by atoms with E-state index >= 15 is 0 Å². The summed E-state index contributed by atoms with van der Waals surface area (Å²) in [6.45, 7) is 20.0. The molecule has 0 N–H and O–H groups in total. The first-order valence-electron chi connectivity index (χ1n) is 2.83. The Kier molecular flexibility index (Phi) is 8510. The third-order valence-electron chi connectivity index (χ3n) is 0. The van der Waals surface area contributed by atoms with Gasteiger partial charge >= 0.3 is 65.4 Å². The summed E-state index contributed by atoms with van der Waals surface area (Å²) in [6, 6.07) is 0. The number of rotatable bonds is 0. The fraction of sp³-hybridized carbons (Fsp3) is 0.444. The van der Waals surface area contributed by atoms with E-state index < -0.39 is 0 Å². The van der Waals surface area contributed by atoms with Gasteiger partial charge in [0.2, 0.25) is 0 Å². The Hall–Kier alpha value is 4.42. The van der Waals surface area contributed by atoms with Crippen molar-refractivity contribution in [3.8, 4) is 0 Å². The first-order chi connectivity index (χ1) is 4.00. The molecule has 0 rings (SSSR count). The third kappa shape index (κ3) is 687. The predicted molar refractivity (Wildman–Crippen MR) is 110 cm³/mol. The molecule has 0 nitrogen and oxygen atoms in total. The van der Waals surface area contributed by atoms with Gasteiger partial charge in [0, 0.05) is 65.4 Å². The molecule has 2 radical (unpaired) electrons. The van der Waals surface area contributed by atoms with E-state index in [9.17, 15) is 0 Å². The van der Waals surface area contributed by atoms with E-state index in [1.54, 1.807) is 27.7 Å². The van der Waals surface area contributed by atoms with Gasteiger partial charge in [0.1, 0.15) is 0 Å². The van der Waals surface area contributed by atoms with Gasteiger partial charge in [-0.3, -0.25) is 0 Å². The van der Waals surface area contributed by atoms with Crippen LogP contribution in [0.5, 0.6) is 0 Å². The molecular weight excluding hydrogens is 572 g/mol. The van der Waals surface area contributed by atoms with Crippen molar-refractivity contribution in [2.45, 2.75) is 57.4 Å². The molecule has 0 aliphatic rings. The van der Waals surface area contributed by atoms with Crippen molar-refractivity contribution in [2.75, 3.05) is 0 Å². The van der Waals surface area contributed by atoms with Crippen molar-refractivity contribution in [3.05, 3.63) is 72.3 Å². The summed E-state index contributed by atoms with van der Waals surface area (Å²) in [5, 5.41) is 0. The average molecular weight is 626 g/mol. The van der Waals surface area contributed by atoms with E-state index in [2.05, 4.69) is 27.7 Å². The molecule has 0 aliphatic carbocycles. The first kappa shape index (κ1) is 241. The second-order valence-corrected chi connectivity index (χ2v) is 0. The maximum absolute atomic E-state index is 3.25. The van der Waals surface area contributed by atoms with Crippen molar-refractivity contribution in [1.82, 2.24) is 0 Å². The van der Waals surface area contributed by atoms with Crippen LogP contribution >= 0.6 is 0 Å². The Labute approximate surface area is 256 Å². The zero-order valence-corrected chi connectivity index (χ0v) is 26.5. The van der Waals surface area contributed by atoms with Crippen LogP contribution in [0.4, 0.5) is 0 Å². The Morgan fingerprint density at radius 2 is 0.318 bits per heavy atom. The summed E-state index contributed by atoms with van der Waals surface area (Å²) in [7, 11) is 0. The molecular formula is C18H54Y4-4. The maximum atomic E-state index is 3.25. The maximum Gasteiger partial charge on any atom is 3.00 e. The summed E-state index contributed by atoms with van der Waals surface area (Å²) < 4.78 is 0. The molecule has 0 amide bonds. The third-order valence-corrected chi connectivity index (χ3v) is 0. The van der Waals surface area contributed by atoms with Crippen molar-refractivity contribution in [1.29, 1.82) is 0 Å². The van der Waals surface area contributed by atoms with Crippen LogP contribution < -0.4 is 0 Å². The molecule has 0 aliphatic heterocycles. The van der Waals surface area contributed by atoms with Gasteiger partial charge in [-0.25, -0.2) is 0 Å². The largest absolute Gasteiger partial charge is 3.00 e. The number of hydrogen-bond donors (Lipinski definition) is 0. The van der Waals surface area contributed by atoms with Crippen LogP contribution in [0.1, 0.15) is 57.4 Å². The molecule has 0 unspecified atom stereocenters. The van der Waals surface area contributed by atoms with Crippen LogP contribution in [0.3, 0.4) is 0 Å². The Bertz CT molecular complexity index is 15.0. The smallest absolute Gasteiger partial charge is 0.358 e. The van der Waals surface area contributed by atoms with Gasteiger partial charge in [-0.2, -0.15) is 27.7 Å². The van der Waals surface area contributed by atoms with Crippen molar-refractivity contribution >= 4 is 0 Å². The van der Waals surface area contributed by atoms with Crippen LogP contribution in [0.15, 0.2) is 0 Å². The SMILES string of the molecule is C.C.C.C.[CH2-]C.[CH2-]C.[CH2-]C.[CH2-]C.[CH3-].[CH3-].[CH3-].[CH3-].[CH3-].[CH3-].[Y+3].[Y+3].[Y].[Y]. The summed E-state index contributed by atoms with van der Waals surface area (Å²) in [6.07, 6.45) is 0. The fourth-order valence-electron chi connectivity index (χ4n) is 0. The van der Waals surface area contributed by atoms with Crippen molar-refractivity contribution in [2.24, 2.45) is 0 Å². The van der Waals surface area contributed by atoms with Crippen LogP contribution in [0.2, 0.25) is 0 Å². The van der Waals surface area contributed by atoms with E-state index in [1.165, 1.54) is 0 Å². The molecule has 22 heavy (non-hydrogen) atoms. The average Bonchev–Trinajstić information content (AvgIpc) is 2.03. The molecule has 4 heteroatoms. The normalized spacial score (nSPS) is 1.09. The monoisotopic (exact) mass is 626 g/mol. The minimum Gasteiger partial charge on any atom is -0.358 e. The molecule has 0 aromatic rings. The van der Waals surface area contributed by atoms with Crippen LogP contribution in [-0.2, 0) is 131 Å². The predicted octanol–water partition coefficient (Wildman–Crippen LogP) is 8.60. The summed E-state index contributed by atoms with van der Waals surface area (Å²) >= 11 is 0. The van der Waals surface area contributed by atoms with Gasteiger partial charge in [-0.15, -0.1) is 0 Å². The zero-order chi connectivity index (χ0) is 8.00. The molecule has 0 spiro atoms. The molecule has 0 heterocycles. The second-order valence-electron chi connectivity index (χ2n) is 0. The van der Waals surface area contributed by atoms with Crippen LogP contribution in [0, 0.1) is 72.3 Å². The minimum atomic E-state index is 0. The molecule has 0 saturated carbocycles. The summed E-state index contributed by atoms with van der Waals surface area (Å²) in [4.78, 5) is 0. The van der Waals surface area contributed by atoms with Gasteiger partial charge < -0.3 is 72.3 Å². The Balaban J connectivity index is -0.000000000500. The first-order valence-corrected chi connectivity index (χ1v) is 2.83. The topological polar surface area (TPSA) is 0 Å². The zero-order valence-electron chi connectivity index (χ0n) is 15.1.